The summed E-state index contributed by atoms with van der Waals surface area (Å²) in [4.78, 5) is 0.815. The highest BCUT2D eigenvalue weighted by Gasteiger charge is 2.14. The van der Waals surface area contributed by atoms with Crippen molar-refractivity contribution in [3.05, 3.63) is 46.5 Å². The lowest BCUT2D eigenvalue weighted by molar-refractivity contribution is 0.182. The van der Waals surface area contributed by atoms with Crippen LogP contribution in [0, 0.1) is 0 Å². The molecule has 0 radical (unpaired) electrons. The SMILES string of the molecule is CC(C)(C)c1ccc(CC(O)c2cnns2)cc1. The Hall–Kier alpha value is -1.26. The van der Waals surface area contributed by atoms with Gasteiger partial charge in [-0.25, -0.2) is 0 Å². The summed E-state index contributed by atoms with van der Waals surface area (Å²) in [6.45, 7) is 6.58. The second-order valence-corrected chi connectivity index (χ2v) is 6.30. The third-order valence-corrected chi connectivity index (χ3v) is 3.72. The van der Waals surface area contributed by atoms with Gasteiger partial charge in [-0.3, -0.25) is 0 Å². The molecule has 4 heteroatoms. The Balaban J connectivity index is 2.07. The van der Waals surface area contributed by atoms with Gasteiger partial charge in [0.2, 0.25) is 0 Å². The van der Waals surface area contributed by atoms with E-state index < -0.39 is 6.10 Å². The highest BCUT2D eigenvalue weighted by molar-refractivity contribution is 7.05. The molecule has 0 amide bonds. The van der Waals surface area contributed by atoms with Crippen LogP contribution in [0.4, 0.5) is 0 Å². The highest BCUT2D eigenvalue weighted by atomic mass is 32.1. The topological polar surface area (TPSA) is 46.0 Å². The van der Waals surface area contributed by atoms with Crippen molar-refractivity contribution in [2.24, 2.45) is 0 Å². The van der Waals surface area contributed by atoms with E-state index in [4.69, 9.17) is 0 Å². The number of aliphatic hydroxyl groups is 1. The second-order valence-electron chi connectivity index (χ2n) is 5.49. The molecule has 1 aromatic carbocycles. The Labute approximate surface area is 112 Å². The van der Waals surface area contributed by atoms with Crippen LogP contribution in [0.3, 0.4) is 0 Å². The van der Waals surface area contributed by atoms with Gasteiger partial charge in [-0.15, -0.1) is 5.10 Å². The van der Waals surface area contributed by atoms with Crippen molar-refractivity contribution in [2.45, 2.75) is 38.7 Å². The number of hydrogen-bond acceptors (Lipinski definition) is 4. The number of aromatic nitrogens is 2. The zero-order chi connectivity index (χ0) is 13.2. The van der Waals surface area contributed by atoms with Crippen LogP contribution < -0.4 is 0 Å². The zero-order valence-corrected chi connectivity index (χ0v) is 11.7. The lowest BCUT2D eigenvalue weighted by Gasteiger charge is -2.19. The summed E-state index contributed by atoms with van der Waals surface area (Å²) < 4.78 is 3.76. The van der Waals surface area contributed by atoms with Gasteiger partial charge in [-0.05, 0) is 28.1 Å². The van der Waals surface area contributed by atoms with Crippen molar-refractivity contribution in [3.63, 3.8) is 0 Å². The van der Waals surface area contributed by atoms with Gasteiger partial charge in [-0.1, -0.05) is 49.5 Å². The molecule has 1 unspecified atom stereocenters. The van der Waals surface area contributed by atoms with Crippen molar-refractivity contribution in [3.8, 4) is 0 Å². The van der Waals surface area contributed by atoms with Crippen LogP contribution in [0.15, 0.2) is 30.5 Å². The fourth-order valence-electron chi connectivity index (χ4n) is 1.79. The molecule has 0 aliphatic carbocycles. The molecule has 0 aliphatic rings. The summed E-state index contributed by atoms with van der Waals surface area (Å²) in [6.07, 6.45) is 1.72. The molecule has 0 bridgehead atoms. The van der Waals surface area contributed by atoms with E-state index in [0.29, 0.717) is 6.42 Å². The first-order chi connectivity index (χ1) is 8.47. The molecule has 3 nitrogen and oxygen atoms in total. The number of nitrogens with zero attached hydrogens (tertiary/aromatic N) is 2. The van der Waals surface area contributed by atoms with Crippen LogP contribution in [-0.4, -0.2) is 14.7 Å². The molecule has 18 heavy (non-hydrogen) atoms. The Morgan fingerprint density at radius 3 is 2.39 bits per heavy atom. The van der Waals surface area contributed by atoms with Gasteiger partial charge in [0.05, 0.1) is 17.2 Å². The fraction of sp³-hybridized carbons (Fsp3) is 0.429. The largest absolute Gasteiger partial charge is 0.387 e. The van der Waals surface area contributed by atoms with Gasteiger partial charge in [0, 0.05) is 6.42 Å². The summed E-state index contributed by atoms with van der Waals surface area (Å²) in [7, 11) is 0. The Kier molecular flexibility index (Phi) is 3.78. The van der Waals surface area contributed by atoms with Crippen molar-refractivity contribution < 1.29 is 5.11 Å². The van der Waals surface area contributed by atoms with E-state index in [-0.39, 0.29) is 5.41 Å². The first-order valence-electron chi connectivity index (χ1n) is 6.01. The predicted molar refractivity (Wildman–Crippen MR) is 73.7 cm³/mol. The van der Waals surface area contributed by atoms with Crippen molar-refractivity contribution in [1.82, 2.24) is 9.59 Å². The zero-order valence-electron chi connectivity index (χ0n) is 10.9. The first kappa shape index (κ1) is 13.2. The van der Waals surface area contributed by atoms with E-state index >= 15 is 0 Å². The molecule has 1 aromatic heterocycles. The maximum absolute atomic E-state index is 10.0. The minimum absolute atomic E-state index is 0.165. The standard InChI is InChI=1S/C14H18N2OS/c1-14(2,3)11-6-4-10(5-7-11)8-12(17)13-9-15-16-18-13/h4-7,9,12,17H,8H2,1-3H3. The first-order valence-corrected chi connectivity index (χ1v) is 6.79. The fourth-order valence-corrected chi connectivity index (χ4v) is 2.27. The molecule has 0 spiro atoms. The van der Waals surface area contributed by atoms with E-state index in [1.54, 1.807) is 6.20 Å². The summed E-state index contributed by atoms with van der Waals surface area (Å²) in [5.41, 5.74) is 2.60. The molecule has 0 saturated heterocycles. The average molecular weight is 262 g/mol. The molecular formula is C14H18N2OS. The van der Waals surface area contributed by atoms with Gasteiger partial charge in [-0.2, -0.15) is 0 Å². The molecule has 2 rings (SSSR count). The second kappa shape index (κ2) is 5.16. The predicted octanol–water partition coefficient (Wildman–Crippen LogP) is 3.11. The van der Waals surface area contributed by atoms with Crippen molar-refractivity contribution >= 4 is 11.5 Å². The highest BCUT2D eigenvalue weighted by Crippen LogP contribution is 2.24. The number of rotatable bonds is 3. The number of benzene rings is 1. The molecule has 0 fully saturated rings. The van der Waals surface area contributed by atoms with Crippen LogP contribution in [0.5, 0.6) is 0 Å². The van der Waals surface area contributed by atoms with Crippen LogP contribution >= 0.6 is 11.5 Å². The maximum Gasteiger partial charge on any atom is 0.0954 e. The van der Waals surface area contributed by atoms with Crippen LogP contribution in [0.1, 0.15) is 42.9 Å². The molecule has 1 heterocycles. The summed E-state index contributed by atoms with van der Waals surface area (Å²) in [5, 5.41) is 13.8. The lowest BCUT2D eigenvalue weighted by Crippen LogP contribution is -2.11. The number of aliphatic hydroxyl groups excluding tert-OH is 1. The average Bonchev–Trinajstić information content (AvgIpc) is 2.82. The van der Waals surface area contributed by atoms with Crippen LogP contribution in [0.2, 0.25) is 0 Å². The van der Waals surface area contributed by atoms with Gasteiger partial charge < -0.3 is 5.11 Å². The van der Waals surface area contributed by atoms with Gasteiger partial charge >= 0.3 is 0 Å². The summed E-state index contributed by atoms with van der Waals surface area (Å²) in [5.74, 6) is 0. The monoisotopic (exact) mass is 262 g/mol. The number of hydrogen-bond donors (Lipinski definition) is 1. The van der Waals surface area contributed by atoms with Crippen molar-refractivity contribution in [1.29, 1.82) is 0 Å². The third kappa shape index (κ3) is 3.15. The van der Waals surface area contributed by atoms with E-state index in [1.807, 2.05) is 0 Å². The van der Waals surface area contributed by atoms with E-state index in [1.165, 1.54) is 17.1 Å². The van der Waals surface area contributed by atoms with E-state index in [0.717, 1.165) is 10.4 Å². The Morgan fingerprint density at radius 2 is 1.89 bits per heavy atom. The third-order valence-electron chi connectivity index (χ3n) is 2.96. The molecular weight excluding hydrogens is 244 g/mol. The van der Waals surface area contributed by atoms with Gasteiger partial charge in [0.15, 0.2) is 0 Å². The maximum atomic E-state index is 10.0. The molecule has 2 aromatic rings. The van der Waals surface area contributed by atoms with Gasteiger partial charge in [0.25, 0.3) is 0 Å². The Bertz CT molecular complexity index is 486. The minimum atomic E-state index is -0.509. The summed E-state index contributed by atoms with van der Waals surface area (Å²) >= 11 is 1.25. The minimum Gasteiger partial charge on any atom is -0.387 e. The lowest BCUT2D eigenvalue weighted by atomic mass is 9.86. The molecule has 0 aliphatic heterocycles. The summed E-state index contributed by atoms with van der Waals surface area (Å²) in [6, 6.07) is 8.43. The molecule has 1 atom stereocenters. The Morgan fingerprint density at radius 1 is 1.22 bits per heavy atom. The van der Waals surface area contributed by atoms with Crippen LogP contribution in [0.25, 0.3) is 0 Å². The van der Waals surface area contributed by atoms with E-state index in [9.17, 15) is 5.11 Å². The molecule has 96 valence electrons. The molecule has 1 N–H and O–H groups in total. The quantitative estimate of drug-likeness (QED) is 0.924. The van der Waals surface area contributed by atoms with E-state index in [2.05, 4.69) is 54.6 Å². The van der Waals surface area contributed by atoms with Gasteiger partial charge in [0.1, 0.15) is 0 Å². The smallest absolute Gasteiger partial charge is 0.0954 e. The normalized spacial score (nSPS) is 13.6. The molecule has 0 saturated carbocycles. The van der Waals surface area contributed by atoms with Crippen LogP contribution in [-0.2, 0) is 11.8 Å². The van der Waals surface area contributed by atoms with Crippen molar-refractivity contribution in [2.75, 3.05) is 0 Å².